The summed E-state index contributed by atoms with van der Waals surface area (Å²) >= 11 is 5.95. The van der Waals surface area contributed by atoms with Crippen molar-refractivity contribution >= 4 is 29.2 Å². The number of carbonyl (C=O) groups is 2. The Labute approximate surface area is 145 Å². The van der Waals surface area contributed by atoms with Crippen LogP contribution in [0.1, 0.15) is 21.5 Å². The molecule has 0 radical (unpaired) electrons. The lowest BCUT2D eigenvalue weighted by atomic mass is 10.1. The van der Waals surface area contributed by atoms with Crippen molar-refractivity contribution < 1.29 is 19.1 Å². The minimum atomic E-state index is -0.511. The Morgan fingerprint density at radius 2 is 1.88 bits per heavy atom. The quantitative estimate of drug-likeness (QED) is 0.836. The fourth-order valence-corrected chi connectivity index (χ4v) is 2.26. The van der Waals surface area contributed by atoms with E-state index in [9.17, 15) is 9.59 Å². The summed E-state index contributed by atoms with van der Waals surface area (Å²) in [5, 5.41) is 3.33. The molecule has 0 atom stereocenters. The summed E-state index contributed by atoms with van der Waals surface area (Å²) in [6.45, 7) is 3.46. The van der Waals surface area contributed by atoms with Gasteiger partial charge in [-0.1, -0.05) is 23.7 Å². The number of rotatable bonds is 5. The van der Waals surface area contributed by atoms with Gasteiger partial charge in [0.25, 0.3) is 5.91 Å². The second-order valence-electron chi connectivity index (χ2n) is 5.24. The summed E-state index contributed by atoms with van der Waals surface area (Å²) in [6.07, 6.45) is 0. The molecule has 1 amide bonds. The van der Waals surface area contributed by atoms with E-state index in [1.165, 1.54) is 7.11 Å². The van der Waals surface area contributed by atoms with Gasteiger partial charge in [-0.2, -0.15) is 0 Å². The summed E-state index contributed by atoms with van der Waals surface area (Å²) in [7, 11) is 1.29. The van der Waals surface area contributed by atoms with Crippen molar-refractivity contribution in [3.63, 3.8) is 0 Å². The molecule has 2 aromatic rings. The lowest BCUT2D eigenvalue weighted by Gasteiger charge is -2.13. The Morgan fingerprint density at radius 3 is 2.54 bits per heavy atom. The molecule has 0 fully saturated rings. The van der Waals surface area contributed by atoms with Crippen LogP contribution in [0.5, 0.6) is 5.75 Å². The van der Waals surface area contributed by atoms with Crippen LogP contribution in [0.15, 0.2) is 36.4 Å². The predicted molar refractivity (Wildman–Crippen MR) is 92.8 cm³/mol. The van der Waals surface area contributed by atoms with Crippen molar-refractivity contribution in [3.8, 4) is 5.75 Å². The van der Waals surface area contributed by atoms with Gasteiger partial charge in [0, 0.05) is 5.02 Å². The summed E-state index contributed by atoms with van der Waals surface area (Å²) in [6, 6.07) is 10.3. The molecule has 0 unspecified atom stereocenters. The lowest BCUT2D eigenvalue weighted by molar-refractivity contribution is -0.118. The van der Waals surface area contributed by atoms with Crippen LogP contribution in [0.25, 0.3) is 0 Å². The number of carbonyl (C=O) groups excluding carboxylic acids is 2. The second kappa shape index (κ2) is 7.84. The van der Waals surface area contributed by atoms with Gasteiger partial charge in [-0.05, 0) is 49.2 Å². The highest BCUT2D eigenvalue weighted by molar-refractivity contribution is 6.31. The highest BCUT2D eigenvalue weighted by Crippen LogP contribution is 2.23. The Kier molecular flexibility index (Phi) is 5.82. The van der Waals surface area contributed by atoms with Crippen molar-refractivity contribution in [1.29, 1.82) is 0 Å². The van der Waals surface area contributed by atoms with Gasteiger partial charge in [0.15, 0.2) is 6.61 Å². The molecule has 0 saturated carbocycles. The molecule has 2 rings (SSSR count). The van der Waals surface area contributed by atoms with Crippen LogP contribution >= 0.6 is 11.6 Å². The monoisotopic (exact) mass is 347 g/mol. The van der Waals surface area contributed by atoms with Crippen molar-refractivity contribution in [2.45, 2.75) is 13.8 Å². The molecular formula is C18H18ClNO4. The number of anilines is 1. The first-order chi connectivity index (χ1) is 11.4. The summed E-state index contributed by atoms with van der Waals surface area (Å²) in [4.78, 5) is 23.9. The molecule has 0 aromatic heterocycles. The Balaban J connectivity index is 2.07. The zero-order valence-corrected chi connectivity index (χ0v) is 14.4. The highest BCUT2D eigenvalue weighted by atomic mass is 35.5. The zero-order valence-electron chi connectivity index (χ0n) is 13.7. The highest BCUT2D eigenvalue weighted by Gasteiger charge is 2.16. The van der Waals surface area contributed by atoms with E-state index in [2.05, 4.69) is 5.32 Å². The van der Waals surface area contributed by atoms with Gasteiger partial charge in [-0.15, -0.1) is 0 Å². The summed E-state index contributed by atoms with van der Waals surface area (Å²) in [5.74, 6) is -0.338. The Morgan fingerprint density at radius 1 is 1.12 bits per heavy atom. The van der Waals surface area contributed by atoms with Crippen LogP contribution in [-0.4, -0.2) is 25.6 Å². The molecule has 5 nitrogen and oxygen atoms in total. The molecule has 24 heavy (non-hydrogen) atoms. The zero-order chi connectivity index (χ0) is 17.7. The number of esters is 1. The molecule has 6 heteroatoms. The van der Waals surface area contributed by atoms with Gasteiger partial charge in [-0.3, -0.25) is 4.79 Å². The van der Waals surface area contributed by atoms with Crippen LogP contribution in [0, 0.1) is 13.8 Å². The largest absolute Gasteiger partial charge is 0.484 e. The van der Waals surface area contributed by atoms with Crippen molar-refractivity contribution in [2.24, 2.45) is 0 Å². The van der Waals surface area contributed by atoms with E-state index < -0.39 is 5.97 Å². The molecule has 2 aromatic carbocycles. The predicted octanol–water partition coefficient (Wildman–Crippen LogP) is 3.76. The smallest absolute Gasteiger partial charge is 0.339 e. The molecule has 0 bridgehead atoms. The molecule has 126 valence electrons. The van der Waals surface area contributed by atoms with E-state index in [0.717, 1.165) is 11.1 Å². The first-order valence-electron chi connectivity index (χ1n) is 7.29. The number of para-hydroxylation sites is 1. The van der Waals surface area contributed by atoms with Crippen molar-refractivity contribution in [2.75, 3.05) is 19.0 Å². The molecule has 0 spiro atoms. The van der Waals surface area contributed by atoms with Crippen LogP contribution in [0.4, 0.5) is 5.69 Å². The molecular weight excluding hydrogens is 330 g/mol. The third-order valence-electron chi connectivity index (χ3n) is 3.44. The maximum Gasteiger partial charge on any atom is 0.339 e. The van der Waals surface area contributed by atoms with E-state index in [-0.39, 0.29) is 12.5 Å². The number of methoxy groups -OCH3 is 1. The first-order valence-corrected chi connectivity index (χ1v) is 7.67. The average molecular weight is 348 g/mol. The third kappa shape index (κ3) is 4.26. The van der Waals surface area contributed by atoms with Crippen LogP contribution in [0.2, 0.25) is 5.02 Å². The van der Waals surface area contributed by atoms with E-state index in [0.29, 0.717) is 22.0 Å². The maximum atomic E-state index is 12.1. The van der Waals surface area contributed by atoms with Crippen LogP contribution < -0.4 is 10.1 Å². The molecule has 1 N–H and O–H groups in total. The SMILES string of the molecule is COC(=O)c1cccc(C)c1NC(=O)COc1ccc(Cl)c(C)c1. The Bertz CT molecular complexity index is 774. The van der Waals surface area contributed by atoms with Gasteiger partial charge < -0.3 is 14.8 Å². The number of nitrogens with one attached hydrogen (secondary N) is 1. The maximum absolute atomic E-state index is 12.1. The number of benzene rings is 2. The molecule has 0 aliphatic carbocycles. The van der Waals surface area contributed by atoms with E-state index in [1.807, 2.05) is 6.92 Å². The average Bonchev–Trinajstić information content (AvgIpc) is 2.57. The minimum Gasteiger partial charge on any atom is -0.484 e. The Hall–Kier alpha value is -2.53. The first kappa shape index (κ1) is 17.8. The topological polar surface area (TPSA) is 64.6 Å². The molecule has 0 saturated heterocycles. The third-order valence-corrected chi connectivity index (χ3v) is 3.87. The fourth-order valence-electron chi connectivity index (χ4n) is 2.15. The lowest BCUT2D eigenvalue weighted by Crippen LogP contribution is -2.22. The van der Waals surface area contributed by atoms with Crippen LogP contribution in [-0.2, 0) is 9.53 Å². The standard InChI is InChI=1S/C18H18ClNO4/c1-11-5-4-6-14(18(22)23-3)17(11)20-16(21)10-24-13-7-8-15(19)12(2)9-13/h4-9H,10H2,1-3H3,(H,20,21). The van der Waals surface area contributed by atoms with Gasteiger partial charge in [-0.25, -0.2) is 4.79 Å². The normalized spacial score (nSPS) is 10.2. The molecule has 0 aliphatic heterocycles. The summed E-state index contributed by atoms with van der Waals surface area (Å²) < 4.78 is 10.2. The number of aryl methyl sites for hydroxylation is 2. The number of hydrogen-bond donors (Lipinski definition) is 1. The number of amides is 1. The van der Waals surface area contributed by atoms with Crippen molar-refractivity contribution in [1.82, 2.24) is 0 Å². The van der Waals surface area contributed by atoms with E-state index in [1.54, 1.807) is 43.3 Å². The fraction of sp³-hybridized carbons (Fsp3) is 0.222. The number of halogens is 1. The van der Waals surface area contributed by atoms with E-state index in [4.69, 9.17) is 21.1 Å². The summed E-state index contributed by atoms with van der Waals surface area (Å²) in [5.41, 5.74) is 2.34. The van der Waals surface area contributed by atoms with Gasteiger partial charge >= 0.3 is 5.97 Å². The number of ether oxygens (including phenoxy) is 2. The van der Waals surface area contributed by atoms with Gasteiger partial charge in [0.1, 0.15) is 5.75 Å². The van der Waals surface area contributed by atoms with E-state index >= 15 is 0 Å². The number of hydrogen-bond acceptors (Lipinski definition) is 4. The minimum absolute atomic E-state index is 0.185. The molecule has 0 heterocycles. The van der Waals surface area contributed by atoms with Crippen molar-refractivity contribution in [3.05, 3.63) is 58.1 Å². The van der Waals surface area contributed by atoms with Crippen LogP contribution in [0.3, 0.4) is 0 Å². The second-order valence-corrected chi connectivity index (χ2v) is 5.64. The van der Waals surface area contributed by atoms with Gasteiger partial charge in [0.05, 0.1) is 18.4 Å². The molecule has 0 aliphatic rings. The van der Waals surface area contributed by atoms with Gasteiger partial charge in [0.2, 0.25) is 0 Å².